The lowest BCUT2D eigenvalue weighted by molar-refractivity contribution is 0.599. The van der Waals surface area contributed by atoms with Crippen molar-refractivity contribution < 1.29 is 0 Å². The fourth-order valence-electron chi connectivity index (χ4n) is 2.02. The summed E-state index contributed by atoms with van der Waals surface area (Å²) in [6, 6.07) is 0. The zero-order valence-electron chi connectivity index (χ0n) is 12.4. The molecule has 0 fully saturated rings. The molecule has 0 spiro atoms. The highest BCUT2D eigenvalue weighted by atomic mass is 14.8. The van der Waals surface area contributed by atoms with Gasteiger partial charge in [0.05, 0.1) is 0 Å². The highest BCUT2D eigenvalue weighted by Crippen LogP contribution is 2.09. The fourth-order valence-corrected chi connectivity index (χ4v) is 2.02. The summed E-state index contributed by atoms with van der Waals surface area (Å²) in [6.07, 6.45) is 20.0. The molecule has 0 bridgehead atoms. The third-order valence-corrected chi connectivity index (χ3v) is 3.17. The number of hydrogen-bond donors (Lipinski definition) is 1. The van der Waals surface area contributed by atoms with E-state index in [-0.39, 0.29) is 0 Å². The number of allylic oxidation sites excluding steroid dienone is 3. The summed E-state index contributed by atoms with van der Waals surface area (Å²) in [5.41, 5.74) is 0. The Balaban J connectivity index is 3.01. The second kappa shape index (κ2) is 16.4. The molecule has 1 N–H and O–H groups in total. The maximum atomic E-state index is 3.75. The van der Waals surface area contributed by atoms with Gasteiger partial charge in [-0.2, -0.15) is 0 Å². The first-order valence-corrected chi connectivity index (χ1v) is 7.88. The number of nitrogens with one attached hydrogen (secondary N) is 1. The molecular weight excluding hydrogens is 218 g/mol. The van der Waals surface area contributed by atoms with E-state index < -0.39 is 0 Å². The summed E-state index contributed by atoms with van der Waals surface area (Å²) < 4.78 is 0. The third kappa shape index (κ3) is 15.4. The molecule has 0 aromatic carbocycles. The van der Waals surface area contributed by atoms with Gasteiger partial charge in [-0.05, 0) is 51.6 Å². The zero-order chi connectivity index (χ0) is 13.3. The average molecular weight is 251 g/mol. The molecule has 0 heterocycles. The van der Waals surface area contributed by atoms with Crippen LogP contribution in [0.2, 0.25) is 0 Å². The third-order valence-electron chi connectivity index (χ3n) is 3.17. The van der Waals surface area contributed by atoms with E-state index in [1.165, 1.54) is 64.2 Å². The largest absolute Gasteiger partial charge is 0.317 e. The highest BCUT2D eigenvalue weighted by Gasteiger charge is 1.89. The van der Waals surface area contributed by atoms with Crippen LogP contribution in [-0.4, -0.2) is 13.1 Å². The van der Waals surface area contributed by atoms with Crippen molar-refractivity contribution in [1.29, 1.82) is 0 Å². The van der Waals surface area contributed by atoms with Crippen LogP contribution in [0.25, 0.3) is 0 Å². The van der Waals surface area contributed by atoms with Gasteiger partial charge in [0.1, 0.15) is 0 Å². The SMILES string of the molecule is C=CCCCCCCCC/C=C/CCCNCC. The van der Waals surface area contributed by atoms with Gasteiger partial charge in [0.2, 0.25) is 0 Å². The molecule has 0 unspecified atom stereocenters. The summed E-state index contributed by atoms with van der Waals surface area (Å²) in [6.45, 7) is 8.16. The van der Waals surface area contributed by atoms with E-state index in [0.717, 1.165) is 13.1 Å². The lowest BCUT2D eigenvalue weighted by Crippen LogP contribution is -2.13. The smallest absolute Gasteiger partial charge is 0.00461 e. The second-order valence-electron chi connectivity index (χ2n) is 4.95. The molecule has 0 aromatic rings. The van der Waals surface area contributed by atoms with Crippen LogP contribution in [0.4, 0.5) is 0 Å². The summed E-state index contributed by atoms with van der Waals surface area (Å²) >= 11 is 0. The van der Waals surface area contributed by atoms with Crippen LogP contribution in [-0.2, 0) is 0 Å². The molecule has 0 radical (unpaired) electrons. The Morgan fingerprint density at radius 3 is 1.94 bits per heavy atom. The molecule has 0 atom stereocenters. The molecule has 0 aliphatic heterocycles. The molecule has 0 rings (SSSR count). The summed E-state index contributed by atoms with van der Waals surface area (Å²) in [7, 11) is 0. The summed E-state index contributed by atoms with van der Waals surface area (Å²) in [5, 5.41) is 3.35. The highest BCUT2D eigenvalue weighted by molar-refractivity contribution is 4.81. The first-order valence-electron chi connectivity index (χ1n) is 7.88. The fraction of sp³-hybridized carbons (Fsp3) is 0.765. The van der Waals surface area contributed by atoms with Gasteiger partial charge in [0, 0.05) is 0 Å². The maximum absolute atomic E-state index is 3.75. The van der Waals surface area contributed by atoms with E-state index >= 15 is 0 Å². The van der Waals surface area contributed by atoms with Crippen molar-refractivity contribution in [2.75, 3.05) is 13.1 Å². The molecule has 0 aliphatic rings. The molecule has 1 nitrogen and oxygen atoms in total. The predicted octanol–water partition coefficient (Wildman–Crippen LogP) is 5.24. The first kappa shape index (κ1) is 17.4. The van der Waals surface area contributed by atoms with Gasteiger partial charge >= 0.3 is 0 Å². The normalized spacial score (nSPS) is 11.2. The minimum Gasteiger partial charge on any atom is -0.317 e. The van der Waals surface area contributed by atoms with Crippen LogP contribution in [0.5, 0.6) is 0 Å². The van der Waals surface area contributed by atoms with Crippen molar-refractivity contribution in [3.63, 3.8) is 0 Å². The topological polar surface area (TPSA) is 12.0 Å². The Hall–Kier alpha value is -0.560. The van der Waals surface area contributed by atoms with Crippen LogP contribution in [0.15, 0.2) is 24.8 Å². The van der Waals surface area contributed by atoms with Gasteiger partial charge in [-0.15, -0.1) is 6.58 Å². The van der Waals surface area contributed by atoms with Gasteiger partial charge < -0.3 is 5.32 Å². The van der Waals surface area contributed by atoms with Gasteiger partial charge in [-0.25, -0.2) is 0 Å². The monoisotopic (exact) mass is 251 g/mol. The van der Waals surface area contributed by atoms with Crippen LogP contribution < -0.4 is 5.32 Å². The molecule has 1 heteroatoms. The Kier molecular flexibility index (Phi) is 15.9. The van der Waals surface area contributed by atoms with Gasteiger partial charge in [-0.3, -0.25) is 0 Å². The average Bonchev–Trinajstić information content (AvgIpc) is 2.39. The standard InChI is InChI=1S/C17H33N/c1-3-5-6-7-8-9-10-11-12-13-14-15-16-17-18-4-2/h3,13-14,18H,1,4-12,15-17H2,2H3/b14-13+. The molecule has 106 valence electrons. The van der Waals surface area contributed by atoms with E-state index in [4.69, 9.17) is 0 Å². The molecule has 18 heavy (non-hydrogen) atoms. The quantitative estimate of drug-likeness (QED) is 0.329. The van der Waals surface area contributed by atoms with Gasteiger partial charge in [-0.1, -0.05) is 50.8 Å². The number of hydrogen-bond acceptors (Lipinski definition) is 1. The Labute approximate surface area is 115 Å². The van der Waals surface area contributed by atoms with Crippen molar-refractivity contribution in [3.8, 4) is 0 Å². The molecule has 0 saturated carbocycles. The van der Waals surface area contributed by atoms with Crippen molar-refractivity contribution >= 4 is 0 Å². The predicted molar refractivity (Wildman–Crippen MR) is 84.1 cm³/mol. The van der Waals surface area contributed by atoms with Crippen LogP contribution in [0, 0.1) is 0 Å². The Morgan fingerprint density at radius 1 is 0.778 bits per heavy atom. The summed E-state index contributed by atoms with van der Waals surface area (Å²) in [5.74, 6) is 0. The summed E-state index contributed by atoms with van der Waals surface area (Å²) in [4.78, 5) is 0. The van der Waals surface area contributed by atoms with Crippen LogP contribution in [0.1, 0.15) is 71.1 Å². The van der Waals surface area contributed by atoms with Crippen molar-refractivity contribution in [2.24, 2.45) is 0 Å². The van der Waals surface area contributed by atoms with Crippen molar-refractivity contribution in [2.45, 2.75) is 71.1 Å². The Bertz CT molecular complexity index is 184. The lowest BCUT2D eigenvalue weighted by atomic mass is 10.1. The molecular formula is C17H33N. The maximum Gasteiger partial charge on any atom is -0.00461 e. The minimum absolute atomic E-state index is 1.09. The van der Waals surface area contributed by atoms with Crippen molar-refractivity contribution in [1.82, 2.24) is 5.32 Å². The van der Waals surface area contributed by atoms with Crippen LogP contribution >= 0.6 is 0 Å². The molecule has 0 amide bonds. The molecule has 0 saturated heterocycles. The second-order valence-corrected chi connectivity index (χ2v) is 4.95. The van der Waals surface area contributed by atoms with Gasteiger partial charge in [0.15, 0.2) is 0 Å². The van der Waals surface area contributed by atoms with E-state index in [1.807, 2.05) is 6.08 Å². The minimum atomic E-state index is 1.09. The van der Waals surface area contributed by atoms with Crippen LogP contribution in [0.3, 0.4) is 0 Å². The number of unbranched alkanes of at least 4 members (excludes halogenated alkanes) is 8. The van der Waals surface area contributed by atoms with Gasteiger partial charge in [0.25, 0.3) is 0 Å². The van der Waals surface area contributed by atoms with Crippen molar-refractivity contribution in [3.05, 3.63) is 24.8 Å². The van der Waals surface area contributed by atoms with E-state index in [2.05, 4.69) is 31.0 Å². The number of rotatable bonds is 14. The van der Waals surface area contributed by atoms with E-state index in [1.54, 1.807) is 0 Å². The first-order chi connectivity index (χ1) is 8.91. The molecule has 0 aliphatic carbocycles. The zero-order valence-corrected chi connectivity index (χ0v) is 12.4. The Morgan fingerprint density at radius 2 is 1.33 bits per heavy atom. The lowest BCUT2D eigenvalue weighted by Gasteiger charge is -1.99. The molecule has 0 aromatic heterocycles. The van der Waals surface area contributed by atoms with E-state index in [0.29, 0.717) is 0 Å². The van der Waals surface area contributed by atoms with E-state index in [9.17, 15) is 0 Å².